The van der Waals surface area contributed by atoms with Gasteiger partial charge in [0.05, 0.1) is 0 Å². The van der Waals surface area contributed by atoms with Gasteiger partial charge >= 0.3 is 0 Å². The number of rotatable bonds is 6. The number of amides is 2. The number of aromatic hydroxyl groups is 4. The predicted molar refractivity (Wildman–Crippen MR) is 93.2 cm³/mol. The van der Waals surface area contributed by atoms with Crippen molar-refractivity contribution in [1.82, 2.24) is 10.6 Å². The zero-order valence-corrected chi connectivity index (χ0v) is 14.1. The maximum atomic E-state index is 12.1. The minimum absolute atomic E-state index is 0.111. The highest BCUT2D eigenvalue weighted by Gasteiger charge is 2.17. The van der Waals surface area contributed by atoms with Crippen molar-refractivity contribution < 1.29 is 30.0 Å². The zero-order valence-electron chi connectivity index (χ0n) is 14.1. The Labute approximate surface area is 149 Å². The van der Waals surface area contributed by atoms with E-state index in [2.05, 4.69) is 10.6 Å². The van der Waals surface area contributed by atoms with Gasteiger partial charge in [-0.25, -0.2) is 0 Å². The van der Waals surface area contributed by atoms with Crippen LogP contribution in [0.4, 0.5) is 0 Å². The Bertz CT molecular complexity index is 821. The van der Waals surface area contributed by atoms with Crippen LogP contribution in [0.15, 0.2) is 36.4 Å². The summed E-state index contributed by atoms with van der Waals surface area (Å²) in [5, 5.41) is 42.5. The number of carbonyl (C=O) groups is 2. The Balaban J connectivity index is 1.83. The fourth-order valence-electron chi connectivity index (χ4n) is 2.22. The lowest BCUT2D eigenvalue weighted by molar-refractivity contribution is -0.122. The van der Waals surface area contributed by atoms with E-state index in [-0.39, 0.29) is 29.4 Å². The Morgan fingerprint density at radius 2 is 1.54 bits per heavy atom. The van der Waals surface area contributed by atoms with Crippen LogP contribution < -0.4 is 10.6 Å². The van der Waals surface area contributed by atoms with E-state index >= 15 is 0 Å². The van der Waals surface area contributed by atoms with Crippen molar-refractivity contribution in [1.29, 1.82) is 0 Å². The smallest absolute Gasteiger partial charge is 0.252 e. The molecule has 0 heterocycles. The summed E-state index contributed by atoms with van der Waals surface area (Å²) in [7, 11) is 0. The number of phenolic OH excluding ortho intramolecular Hbond substituents is 4. The SMILES string of the molecule is C[C@H](NC(=O)c1ccc(O)c(O)c1)C(=O)NCCc1ccc(O)c(O)c1. The van der Waals surface area contributed by atoms with Gasteiger partial charge in [-0.15, -0.1) is 0 Å². The molecule has 1 atom stereocenters. The third-order valence-electron chi connectivity index (χ3n) is 3.73. The van der Waals surface area contributed by atoms with Gasteiger partial charge in [-0.2, -0.15) is 0 Å². The molecule has 138 valence electrons. The summed E-state index contributed by atoms with van der Waals surface area (Å²) in [4.78, 5) is 24.1. The number of hydrogen-bond donors (Lipinski definition) is 6. The van der Waals surface area contributed by atoms with Gasteiger partial charge in [0.15, 0.2) is 23.0 Å². The van der Waals surface area contributed by atoms with Gasteiger partial charge in [0, 0.05) is 12.1 Å². The van der Waals surface area contributed by atoms with E-state index in [0.29, 0.717) is 6.42 Å². The van der Waals surface area contributed by atoms with E-state index in [9.17, 15) is 30.0 Å². The molecule has 26 heavy (non-hydrogen) atoms. The van der Waals surface area contributed by atoms with Gasteiger partial charge < -0.3 is 31.1 Å². The first-order valence-corrected chi connectivity index (χ1v) is 7.89. The molecule has 2 aromatic rings. The minimum Gasteiger partial charge on any atom is -0.504 e. The van der Waals surface area contributed by atoms with E-state index < -0.39 is 23.6 Å². The predicted octanol–water partition coefficient (Wildman–Crippen LogP) is 0.986. The lowest BCUT2D eigenvalue weighted by atomic mass is 10.1. The van der Waals surface area contributed by atoms with Gasteiger partial charge in [0.25, 0.3) is 5.91 Å². The molecule has 0 saturated carbocycles. The molecule has 2 aromatic carbocycles. The highest BCUT2D eigenvalue weighted by Crippen LogP contribution is 2.25. The average molecular weight is 360 g/mol. The molecule has 8 heteroatoms. The molecular weight excluding hydrogens is 340 g/mol. The Kier molecular flexibility index (Phi) is 5.90. The second-order valence-corrected chi connectivity index (χ2v) is 5.76. The van der Waals surface area contributed by atoms with E-state index in [1.54, 1.807) is 6.07 Å². The molecule has 0 radical (unpaired) electrons. The van der Waals surface area contributed by atoms with Crippen LogP contribution in [0.3, 0.4) is 0 Å². The van der Waals surface area contributed by atoms with Crippen molar-refractivity contribution in [2.75, 3.05) is 6.54 Å². The van der Waals surface area contributed by atoms with Crippen molar-refractivity contribution >= 4 is 11.8 Å². The summed E-state index contributed by atoms with van der Waals surface area (Å²) in [5.41, 5.74) is 0.844. The second kappa shape index (κ2) is 8.11. The monoisotopic (exact) mass is 360 g/mol. The summed E-state index contributed by atoms with van der Waals surface area (Å²) in [6.45, 7) is 1.79. The number of hydrogen-bond acceptors (Lipinski definition) is 6. The van der Waals surface area contributed by atoms with Crippen LogP contribution >= 0.6 is 0 Å². The summed E-state index contributed by atoms with van der Waals surface area (Å²) >= 11 is 0. The fourth-order valence-corrected chi connectivity index (χ4v) is 2.22. The summed E-state index contributed by atoms with van der Waals surface area (Å²) < 4.78 is 0. The van der Waals surface area contributed by atoms with E-state index in [1.165, 1.54) is 31.2 Å². The molecule has 0 spiro atoms. The second-order valence-electron chi connectivity index (χ2n) is 5.76. The van der Waals surface area contributed by atoms with Gasteiger partial charge in [0.1, 0.15) is 6.04 Å². The van der Waals surface area contributed by atoms with Crippen molar-refractivity contribution in [3.63, 3.8) is 0 Å². The Morgan fingerprint density at radius 1 is 0.923 bits per heavy atom. The molecule has 0 aliphatic carbocycles. The highest BCUT2D eigenvalue weighted by atomic mass is 16.3. The van der Waals surface area contributed by atoms with Crippen LogP contribution in [-0.4, -0.2) is 44.8 Å². The van der Waals surface area contributed by atoms with Gasteiger partial charge in [-0.3, -0.25) is 9.59 Å². The molecule has 8 nitrogen and oxygen atoms in total. The molecule has 0 fully saturated rings. The molecule has 6 N–H and O–H groups in total. The number of phenols is 4. The number of carbonyl (C=O) groups excluding carboxylic acids is 2. The van der Waals surface area contributed by atoms with Gasteiger partial charge in [-0.1, -0.05) is 6.07 Å². The van der Waals surface area contributed by atoms with E-state index in [1.807, 2.05) is 0 Å². The quantitative estimate of drug-likeness (QED) is 0.425. The minimum atomic E-state index is -0.813. The third-order valence-corrected chi connectivity index (χ3v) is 3.73. The van der Waals surface area contributed by atoms with Crippen LogP contribution in [0.5, 0.6) is 23.0 Å². The first-order chi connectivity index (χ1) is 12.3. The molecule has 0 aliphatic heterocycles. The molecule has 2 amide bonds. The normalized spacial score (nSPS) is 11.6. The van der Waals surface area contributed by atoms with E-state index in [4.69, 9.17) is 0 Å². The maximum Gasteiger partial charge on any atom is 0.252 e. The molecule has 0 aliphatic rings. The first kappa shape index (κ1) is 18.9. The maximum absolute atomic E-state index is 12.1. The molecule has 0 saturated heterocycles. The zero-order chi connectivity index (χ0) is 19.3. The molecular formula is C18H20N2O6. The van der Waals surface area contributed by atoms with Crippen molar-refractivity contribution in [2.45, 2.75) is 19.4 Å². The van der Waals surface area contributed by atoms with Crippen molar-refractivity contribution in [3.8, 4) is 23.0 Å². The lowest BCUT2D eigenvalue weighted by Gasteiger charge is -2.14. The summed E-state index contributed by atoms with van der Waals surface area (Å²) in [6, 6.07) is 7.20. The van der Waals surface area contributed by atoms with Crippen LogP contribution in [-0.2, 0) is 11.2 Å². The first-order valence-electron chi connectivity index (χ1n) is 7.89. The summed E-state index contributed by atoms with van der Waals surface area (Å²) in [5.74, 6) is -2.17. The highest BCUT2D eigenvalue weighted by molar-refractivity contribution is 5.97. The number of benzene rings is 2. The van der Waals surface area contributed by atoms with E-state index in [0.717, 1.165) is 11.6 Å². The molecule has 0 bridgehead atoms. The van der Waals surface area contributed by atoms with Crippen molar-refractivity contribution in [3.05, 3.63) is 47.5 Å². The fraction of sp³-hybridized carbons (Fsp3) is 0.222. The summed E-state index contributed by atoms with van der Waals surface area (Å²) in [6.07, 6.45) is 0.437. The molecule has 2 rings (SSSR count). The largest absolute Gasteiger partial charge is 0.504 e. The van der Waals surface area contributed by atoms with Crippen LogP contribution in [0.25, 0.3) is 0 Å². The Hall–Kier alpha value is -3.42. The Morgan fingerprint density at radius 3 is 2.15 bits per heavy atom. The van der Waals surface area contributed by atoms with Crippen molar-refractivity contribution in [2.24, 2.45) is 0 Å². The lowest BCUT2D eigenvalue weighted by Crippen LogP contribution is -2.45. The standard InChI is InChI=1S/C18H20N2O6/c1-10(20-18(26)12-3-5-14(22)16(24)9-12)17(25)19-7-6-11-2-4-13(21)15(23)8-11/h2-5,8-10,21-24H,6-7H2,1H3,(H,19,25)(H,20,26)/t10-/m0/s1. The van der Waals surface area contributed by atoms with Crippen LogP contribution in [0, 0.1) is 0 Å². The van der Waals surface area contributed by atoms with Crippen LogP contribution in [0.2, 0.25) is 0 Å². The van der Waals surface area contributed by atoms with Gasteiger partial charge in [0.2, 0.25) is 5.91 Å². The third kappa shape index (κ3) is 4.79. The average Bonchev–Trinajstić information content (AvgIpc) is 2.60. The molecule has 0 aromatic heterocycles. The number of nitrogens with one attached hydrogen (secondary N) is 2. The van der Waals surface area contributed by atoms with Gasteiger partial charge in [-0.05, 0) is 49.2 Å². The topological polar surface area (TPSA) is 139 Å². The molecule has 0 unspecified atom stereocenters. The van der Waals surface area contributed by atoms with Crippen LogP contribution in [0.1, 0.15) is 22.8 Å².